The first-order valence-electron chi connectivity index (χ1n) is 7.34. The largest absolute Gasteiger partial charge is 0.497 e. The summed E-state index contributed by atoms with van der Waals surface area (Å²) in [7, 11) is 1.61. The molecule has 2 aromatic rings. The molecule has 0 spiro atoms. The van der Waals surface area contributed by atoms with Gasteiger partial charge in [0.25, 0.3) is 5.91 Å². The van der Waals surface area contributed by atoms with E-state index < -0.39 is 0 Å². The monoisotopic (exact) mass is 301 g/mol. The number of aromatic amines is 1. The van der Waals surface area contributed by atoms with Gasteiger partial charge in [0.05, 0.1) is 18.9 Å². The summed E-state index contributed by atoms with van der Waals surface area (Å²) in [5.74, 6) is 0.673. The van der Waals surface area contributed by atoms with Gasteiger partial charge in [0.2, 0.25) is 0 Å². The summed E-state index contributed by atoms with van der Waals surface area (Å²) >= 11 is 0. The quantitative estimate of drug-likeness (QED) is 0.904. The Bertz CT molecular complexity index is 660. The molecule has 0 radical (unpaired) electrons. The highest BCUT2D eigenvalue weighted by atomic mass is 16.5. The number of piperidine rings is 1. The fraction of sp³-hybridized carbons (Fsp3) is 0.375. The Morgan fingerprint density at radius 2 is 2.14 bits per heavy atom. The third-order valence-electron chi connectivity index (χ3n) is 3.93. The van der Waals surface area contributed by atoms with Crippen molar-refractivity contribution in [3.63, 3.8) is 0 Å². The molecule has 0 saturated carbocycles. The van der Waals surface area contributed by atoms with E-state index in [1.807, 2.05) is 24.3 Å². The fourth-order valence-electron chi connectivity index (χ4n) is 2.60. The van der Waals surface area contributed by atoms with E-state index in [-0.39, 0.29) is 12.0 Å². The van der Waals surface area contributed by atoms with Crippen molar-refractivity contribution in [3.05, 3.63) is 36.0 Å². The highest BCUT2D eigenvalue weighted by Gasteiger charge is 2.23. The molecule has 1 aliphatic heterocycles. The van der Waals surface area contributed by atoms with Gasteiger partial charge in [-0.3, -0.25) is 9.89 Å². The molecule has 6 heteroatoms. The summed E-state index contributed by atoms with van der Waals surface area (Å²) in [5.41, 5.74) is 2.07. The molecule has 2 heterocycles. The number of aliphatic hydroxyl groups excluding tert-OH is 1. The van der Waals surface area contributed by atoms with Crippen LogP contribution in [0.4, 0.5) is 0 Å². The summed E-state index contributed by atoms with van der Waals surface area (Å²) in [5, 5.41) is 16.5. The van der Waals surface area contributed by atoms with Crippen LogP contribution in [-0.2, 0) is 0 Å². The van der Waals surface area contributed by atoms with E-state index in [4.69, 9.17) is 4.74 Å². The summed E-state index contributed by atoms with van der Waals surface area (Å²) < 4.78 is 5.20. The maximum absolute atomic E-state index is 12.4. The first-order valence-corrected chi connectivity index (χ1v) is 7.34. The number of aromatic nitrogens is 2. The Morgan fingerprint density at radius 1 is 1.36 bits per heavy atom. The molecular weight excluding hydrogens is 282 g/mol. The average Bonchev–Trinajstić information content (AvgIpc) is 3.05. The van der Waals surface area contributed by atoms with Crippen molar-refractivity contribution in [3.8, 4) is 17.0 Å². The minimum absolute atomic E-state index is 0.0754. The summed E-state index contributed by atoms with van der Waals surface area (Å²) in [6.07, 6.45) is 0.962. The minimum atomic E-state index is -0.293. The molecule has 3 rings (SSSR count). The first kappa shape index (κ1) is 14.6. The number of ether oxygens (including phenoxy) is 1. The number of rotatable bonds is 3. The molecule has 1 fully saturated rings. The summed E-state index contributed by atoms with van der Waals surface area (Å²) in [6.45, 7) is 1.15. The first-order chi connectivity index (χ1) is 10.7. The van der Waals surface area contributed by atoms with E-state index in [2.05, 4.69) is 10.2 Å². The van der Waals surface area contributed by atoms with Crippen LogP contribution in [0.3, 0.4) is 0 Å². The van der Waals surface area contributed by atoms with Crippen molar-refractivity contribution in [2.45, 2.75) is 18.9 Å². The van der Waals surface area contributed by atoms with Gasteiger partial charge >= 0.3 is 0 Å². The lowest BCUT2D eigenvalue weighted by Crippen LogP contribution is -2.40. The van der Waals surface area contributed by atoms with Crippen LogP contribution in [0.25, 0.3) is 11.3 Å². The number of nitrogens with one attached hydrogen (secondary N) is 1. The molecule has 1 aromatic heterocycles. The third kappa shape index (κ3) is 2.96. The highest BCUT2D eigenvalue weighted by Crippen LogP contribution is 2.23. The molecule has 6 nitrogen and oxygen atoms in total. The molecule has 1 aromatic carbocycles. The van der Waals surface area contributed by atoms with Crippen LogP contribution < -0.4 is 4.74 Å². The highest BCUT2D eigenvalue weighted by molar-refractivity contribution is 5.93. The standard InChI is InChI=1S/C16H19N3O3/c1-22-13-4-2-3-11(9-13)14-10-15(18-17-14)16(21)19-7-5-12(20)6-8-19/h2-4,9-10,12,20H,5-8H2,1H3,(H,17,18). The maximum atomic E-state index is 12.4. The number of carbonyl (C=O) groups excluding carboxylic acids is 1. The van der Waals surface area contributed by atoms with Crippen molar-refractivity contribution in [2.75, 3.05) is 20.2 Å². The number of hydrogen-bond donors (Lipinski definition) is 2. The van der Waals surface area contributed by atoms with Gasteiger partial charge in [-0.15, -0.1) is 0 Å². The molecule has 0 bridgehead atoms. The van der Waals surface area contributed by atoms with Crippen LogP contribution >= 0.6 is 0 Å². The van der Waals surface area contributed by atoms with Gasteiger partial charge in [-0.25, -0.2) is 0 Å². The van der Waals surface area contributed by atoms with Gasteiger partial charge in [-0.05, 0) is 31.0 Å². The van der Waals surface area contributed by atoms with Crippen LogP contribution in [0.1, 0.15) is 23.3 Å². The summed E-state index contributed by atoms with van der Waals surface area (Å²) in [6, 6.07) is 9.30. The van der Waals surface area contributed by atoms with Crippen LogP contribution in [0.5, 0.6) is 5.75 Å². The van der Waals surface area contributed by atoms with Gasteiger partial charge in [0.15, 0.2) is 0 Å². The number of amides is 1. The third-order valence-corrected chi connectivity index (χ3v) is 3.93. The van der Waals surface area contributed by atoms with Crippen molar-refractivity contribution in [2.24, 2.45) is 0 Å². The molecule has 0 atom stereocenters. The zero-order valence-electron chi connectivity index (χ0n) is 12.5. The number of H-pyrrole nitrogens is 1. The lowest BCUT2D eigenvalue weighted by molar-refractivity contribution is 0.0541. The number of carbonyl (C=O) groups is 1. The molecule has 1 aliphatic rings. The van der Waals surface area contributed by atoms with Crippen LogP contribution in [-0.4, -0.2) is 52.4 Å². The molecule has 0 unspecified atom stereocenters. The molecule has 1 amide bonds. The Balaban J connectivity index is 1.77. The van der Waals surface area contributed by atoms with Gasteiger partial charge in [-0.2, -0.15) is 5.10 Å². The predicted molar refractivity (Wildman–Crippen MR) is 81.7 cm³/mol. The van der Waals surface area contributed by atoms with Gasteiger partial charge in [0.1, 0.15) is 11.4 Å². The van der Waals surface area contributed by atoms with Crippen LogP contribution in [0, 0.1) is 0 Å². The molecule has 22 heavy (non-hydrogen) atoms. The second kappa shape index (κ2) is 6.19. The maximum Gasteiger partial charge on any atom is 0.271 e. The summed E-state index contributed by atoms with van der Waals surface area (Å²) in [4.78, 5) is 14.2. The van der Waals surface area contributed by atoms with Crippen molar-refractivity contribution >= 4 is 5.91 Å². The Morgan fingerprint density at radius 3 is 2.86 bits per heavy atom. The van der Waals surface area contributed by atoms with Gasteiger partial charge in [0, 0.05) is 18.7 Å². The van der Waals surface area contributed by atoms with Gasteiger partial charge in [-0.1, -0.05) is 12.1 Å². The molecular formula is C16H19N3O3. The molecule has 0 aliphatic carbocycles. The lowest BCUT2D eigenvalue weighted by Gasteiger charge is -2.29. The van der Waals surface area contributed by atoms with Crippen LogP contribution in [0.15, 0.2) is 30.3 Å². The second-order valence-corrected chi connectivity index (χ2v) is 5.42. The van der Waals surface area contributed by atoms with Crippen molar-refractivity contribution in [1.82, 2.24) is 15.1 Å². The Kier molecular flexibility index (Phi) is 4.11. The molecule has 2 N–H and O–H groups in total. The lowest BCUT2D eigenvalue weighted by atomic mass is 10.1. The van der Waals surface area contributed by atoms with E-state index in [0.717, 1.165) is 11.3 Å². The van der Waals surface area contributed by atoms with E-state index in [1.54, 1.807) is 18.1 Å². The number of benzene rings is 1. The number of methoxy groups -OCH3 is 1. The Hall–Kier alpha value is -2.34. The molecule has 1 saturated heterocycles. The van der Waals surface area contributed by atoms with Gasteiger partial charge < -0.3 is 14.7 Å². The average molecular weight is 301 g/mol. The van der Waals surface area contributed by atoms with Crippen LogP contribution in [0.2, 0.25) is 0 Å². The normalized spacial score (nSPS) is 15.8. The molecule has 116 valence electrons. The van der Waals surface area contributed by atoms with E-state index in [1.165, 1.54) is 0 Å². The SMILES string of the molecule is COc1cccc(-c2cc(C(=O)N3CCC(O)CC3)[nH]n2)c1. The van der Waals surface area contributed by atoms with Crippen molar-refractivity contribution < 1.29 is 14.6 Å². The number of likely N-dealkylation sites (tertiary alicyclic amines) is 1. The van der Waals surface area contributed by atoms with Crippen molar-refractivity contribution in [1.29, 1.82) is 0 Å². The minimum Gasteiger partial charge on any atom is -0.497 e. The number of aliphatic hydroxyl groups is 1. The number of hydrogen-bond acceptors (Lipinski definition) is 4. The fourth-order valence-corrected chi connectivity index (χ4v) is 2.60. The topological polar surface area (TPSA) is 78.5 Å². The smallest absolute Gasteiger partial charge is 0.271 e. The van der Waals surface area contributed by atoms with E-state index in [9.17, 15) is 9.90 Å². The van der Waals surface area contributed by atoms with E-state index in [0.29, 0.717) is 37.3 Å². The second-order valence-electron chi connectivity index (χ2n) is 5.42. The number of nitrogens with zero attached hydrogens (tertiary/aromatic N) is 2. The predicted octanol–water partition coefficient (Wildman–Crippen LogP) is 1.68. The Labute approximate surface area is 128 Å². The van der Waals surface area contributed by atoms with E-state index >= 15 is 0 Å². The zero-order chi connectivity index (χ0) is 15.5. The zero-order valence-corrected chi connectivity index (χ0v) is 12.5.